The van der Waals surface area contributed by atoms with E-state index >= 15 is 0 Å². The average Bonchev–Trinajstić information content (AvgIpc) is 2.20. The molecule has 0 aromatic heterocycles. The molecule has 0 saturated heterocycles. The van der Waals surface area contributed by atoms with Gasteiger partial charge >= 0.3 is 11.9 Å². The highest BCUT2D eigenvalue weighted by Gasteiger charge is 2.17. The highest BCUT2D eigenvalue weighted by Crippen LogP contribution is 2.18. The fourth-order valence-corrected chi connectivity index (χ4v) is 1.27. The third-order valence-electron chi connectivity index (χ3n) is 2.08. The molecule has 1 rings (SSSR count). The number of benzene rings is 1. The number of aromatic hydroxyl groups is 1. The first-order valence-corrected chi connectivity index (χ1v) is 4.45. The number of nitrogens with two attached hydrogens (primary N) is 1. The van der Waals surface area contributed by atoms with Crippen molar-refractivity contribution >= 4 is 11.9 Å². The number of carbonyl (C=O) groups is 2. The van der Waals surface area contributed by atoms with Crippen LogP contribution in [0.5, 0.6) is 5.75 Å². The number of rotatable bonds is 4. The van der Waals surface area contributed by atoms with E-state index in [1.807, 2.05) is 0 Å². The monoisotopic (exact) mass is 225 g/mol. The van der Waals surface area contributed by atoms with Gasteiger partial charge in [0.05, 0.1) is 5.56 Å². The fraction of sp³-hybridized carbons (Fsp3) is 0.200. The molecule has 0 spiro atoms. The molecule has 1 atom stereocenters. The molecule has 0 aliphatic rings. The molecule has 5 N–H and O–H groups in total. The number of hydrogen-bond acceptors (Lipinski definition) is 4. The molecular weight excluding hydrogens is 214 g/mol. The van der Waals surface area contributed by atoms with E-state index in [1.165, 1.54) is 12.1 Å². The highest BCUT2D eigenvalue weighted by atomic mass is 16.4. The van der Waals surface area contributed by atoms with Gasteiger partial charge < -0.3 is 21.1 Å². The zero-order chi connectivity index (χ0) is 12.3. The summed E-state index contributed by atoms with van der Waals surface area (Å²) in [6.07, 6.45) is -0.1000. The summed E-state index contributed by atoms with van der Waals surface area (Å²) >= 11 is 0. The van der Waals surface area contributed by atoms with Gasteiger partial charge in [0.25, 0.3) is 0 Å². The maximum atomic E-state index is 10.8. The Morgan fingerprint density at radius 1 is 1.31 bits per heavy atom. The van der Waals surface area contributed by atoms with Crippen molar-refractivity contribution in [3.05, 3.63) is 29.3 Å². The molecular formula is C10H11NO5. The molecule has 0 aliphatic carbocycles. The lowest BCUT2D eigenvalue weighted by Crippen LogP contribution is -2.32. The standard InChI is InChI=1S/C10H11NO5/c11-8(10(15)16)3-5-1-2-6(12)4-7(5)9(13)14/h1-2,4,8,12H,3,11H2,(H,13,14)(H,15,16)/t8-/m0/s1. The fourth-order valence-electron chi connectivity index (χ4n) is 1.27. The van der Waals surface area contributed by atoms with Gasteiger partial charge in [-0.1, -0.05) is 6.07 Å². The van der Waals surface area contributed by atoms with Gasteiger partial charge in [0.15, 0.2) is 0 Å². The third kappa shape index (κ3) is 2.71. The molecule has 0 amide bonds. The van der Waals surface area contributed by atoms with Crippen molar-refractivity contribution in [2.45, 2.75) is 12.5 Å². The van der Waals surface area contributed by atoms with Crippen LogP contribution in [0.3, 0.4) is 0 Å². The summed E-state index contributed by atoms with van der Waals surface area (Å²) in [6, 6.07) is 2.53. The first kappa shape index (κ1) is 12.0. The van der Waals surface area contributed by atoms with Gasteiger partial charge in [-0.3, -0.25) is 4.79 Å². The number of phenols is 1. The molecule has 6 nitrogen and oxygen atoms in total. The highest BCUT2D eigenvalue weighted by molar-refractivity contribution is 5.90. The maximum absolute atomic E-state index is 10.8. The summed E-state index contributed by atoms with van der Waals surface area (Å²) in [5.74, 6) is -2.63. The molecule has 1 aromatic rings. The van der Waals surface area contributed by atoms with Gasteiger partial charge in [-0.15, -0.1) is 0 Å². The first-order valence-electron chi connectivity index (χ1n) is 4.45. The summed E-state index contributed by atoms with van der Waals surface area (Å²) in [5, 5.41) is 26.6. The summed E-state index contributed by atoms with van der Waals surface area (Å²) in [4.78, 5) is 21.4. The second-order valence-corrected chi connectivity index (χ2v) is 3.30. The molecule has 0 saturated carbocycles. The molecule has 0 radical (unpaired) electrons. The minimum absolute atomic E-state index is 0.1000. The number of hydrogen-bond donors (Lipinski definition) is 4. The summed E-state index contributed by atoms with van der Waals surface area (Å²) in [7, 11) is 0. The summed E-state index contributed by atoms with van der Waals surface area (Å²) in [6.45, 7) is 0. The lowest BCUT2D eigenvalue weighted by atomic mass is 10.0. The van der Waals surface area contributed by atoms with Crippen LogP contribution < -0.4 is 5.73 Å². The van der Waals surface area contributed by atoms with Crippen molar-refractivity contribution in [3.8, 4) is 5.75 Å². The second kappa shape index (κ2) is 4.63. The van der Waals surface area contributed by atoms with E-state index in [-0.39, 0.29) is 23.3 Å². The number of carboxylic acids is 2. The van der Waals surface area contributed by atoms with Gasteiger partial charge in [0.2, 0.25) is 0 Å². The van der Waals surface area contributed by atoms with E-state index in [1.54, 1.807) is 0 Å². The van der Waals surface area contributed by atoms with Crippen LogP contribution in [0.4, 0.5) is 0 Å². The number of carboxylic acid groups (broad SMARTS) is 2. The zero-order valence-electron chi connectivity index (χ0n) is 8.25. The molecule has 0 bridgehead atoms. The lowest BCUT2D eigenvalue weighted by molar-refractivity contribution is -0.138. The minimum Gasteiger partial charge on any atom is -0.508 e. The second-order valence-electron chi connectivity index (χ2n) is 3.30. The number of aliphatic carboxylic acids is 1. The van der Waals surface area contributed by atoms with Gasteiger partial charge in [-0.2, -0.15) is 0 Å². The molecule has 86 valence electrons. The zero-order valence-corrected chi connectivity index (χ0v) is 8.25. The Morgan fingerprint density at radius 2 is 1.94 bits per heavy atom. The van der Waals surface area contributed by atoms with Crippen LogP contribution in [0.15, 0.2) is 18.2 Å². The Bertz CT molecular complexity index is 429. The van der Waals surface area contributed by atoms with Crippen LogP contribution in [0.2, 0.25) is 0 Å². The Hall–Kier alpha value is -2.08. The normalized spacial score (nSPS) is 12.1. The molecule has 0 unspecified atom stereocenters. The van der Waals surface area contributed by atoms with Crippen LogP contribution in [-0.2, 0) is 11.2 Å². The molecule has 6 heteroatoms. The van der Waals surface area contributed by atoms with Crippen molar-refractivity contribution in [1.29, 1.82) is 0 Å². The van der Waals surface area contributed by atoms with Crippen LogP contribution in [0, 0.1) is 0 Å². The number of aromatic carboxylic acids is 1. The van der Waals surface area contributed by atoms with Crippen LogP contribution in [0.25, 0.3) is 0 Å². The molecule has 16 heavy (non-hydrogen) atoms. The Balaban J connectivity index is 3.04. The topological polar surface area (TPSA) is 121 Å². The predicted octanol–water partition coefficient (Wildman–Crippen LogP) is 0.0448. The van der Waals surface area contributed by atoms with E-state index in [2.05, 4.69) is 0 Å². The van der Waals surface area contributed by atoms with Crippen LogP contribution >= 0.6 is 0 Å². The molecule has 1 aromatic carbocycles. The Morgan fingerprint density at radius 3 is 2.44 bits per heavy atom. The predicted molar refractivity (Wildman–Crippen MR) is 54.4 cm³/mol. The SMILES string of the molecule is N[C@@H](Cc1ccc(O)cc1C(=O)O)C(=O)O. The van der Waals surface area contributed by atoms with Gasteiger partial charge in [-0.05, 0) is 24.1 Å². The van der Waals surface area contributed by atoms with Gasteiger partial charge in [0.1, 0.15) is 11.8 Å². The van der Waals surface area contributed by atoms with E-state index in [0.29, 0.717) is 0 Å². The first-order chi connectivity index (χ1) is 7.41. The lowest BCUT2D eigenvalue weighted by Gasteiger charge is -2.09. The van der Waals surface area contributed by atoms with E-state index < -0.39 is 18.0 Å². The van der Waals surface area contributed by atoms with Crippen molar-refractivity contribution in [2.24, 2.45) is 5.73 Å². The summed E-state index contributed by atoms with van der Waals surface area (Å²) in [5.41, 5.74) is 5.44. The van der Waals surface area contributed by atoms with E-state index in [0.717, 1.165) is 6.07 Å². The minimum atomic E-state index is -1.23. The Kier molecular flexibility index (Phi) is 3.47. The summed E-state index contributed by atoms with van der Waals surface area (Å²) < 4.78 is 0. The number of phenolic OH excluding ortho intramolecular Hbond substituents is 1. The van der Waals surface area contributed by atoms with E-state index in [9.17, 15) is 9.59 Å². The van der Waals surface area contributed by atoms with Crippen LogP contribution in [0.1, 0.15) is 15.9 Å². The maximum Gasteiger partial charge on any atom is 0.336 e. The molecule has 0 aliphatic heterocycles. The van der Waals surface area contributed by atoms with Crippen molar-refractivity contribution in [2.75, 3.05) is 0 Å². The largest absolute Gasteiger partial charge is 0.508 e. The third-order valence-corrected chi connectivity index (χ3v) is 2.08. The van der Waals surface area contributed by atoms with Crippen molar-refractivity contribution < 1.29 is 24.9 Å². The Labute approximate surface area is 90.9 Å². The van der Waals surface area contributed by atoms with E-state index in [4.69, 9.17) is 21.1 Å². The van der Waals surface area contributed by atoms with Crippen LogP contribution in [-0.4, -0.2) is 33.3 Å². The average molecular weight is 225 g/mol. The quantitative estimate of drug-likeness (QED) is 0.574. The van der Waals surface area contributed by atoms with Gasteiger partial charge in [-0.25, -0.2) is 4.79 Å². The van der Waals surface area contributed by atoms with Crippen molar-refractivity contribution in [3.63, 3.8) is 0 Å². The molecule has 0 fully saturated rings. The smallest absolute Gasteiger partial charge is 0.336 e. The molecule has 0 heterocycles. The van der Waals surface area contributed by atoms with Gasteiger partial charge in [0, 0.05) is 0 Å². The van der Waals surface area contributed by atoms with Crippen molar-refractivity contribution in [1.82, 2.24) is 0 Å².